The van der Waals surface area contributed by atoms with Crippen LogP contribution >= 0.6 is 0 Å². The number of nitrogens with one attached hydrogen (secondary N) is 1. The maximum absolute atomic E-state index is 10.9. The summed E-state index contributed by atoms with van der Waals surface area (Å²) in [5.41, 5.74) is 6.98. The zero-order chi connectivity index (χ0) is 11.5. The Morgan fingerprint density at radius 3 is 3.06 bits per heavy atom. The Bertz CT molecular complexity index is 607. The number of benzene rings is 1. The first-order valence-corrected chi connectivity index (χ1v) is 4.73. The minimum Gasteiger partial charge on any atom is -0.408 e. The third-order valence-corrected chi connectivity index (χ3v) is 2.07. The lowest BCUT2D eigenvalue weighted by molar-refractivity contribution is -0.117. The molecular weight excluding hydrogens is 208 g/mol. The van der Waals surface area contributed by atoms with Gasteiger partial charge in [0.15, 0.2) is 5.58 Å². The molecule has 3 N–H and O–H groups in total. The van der Waals surface area contributed by atoms with Crippen LogP contribution in [0.25, 0.3) is 17.2 Å². The summed E-state index contributed by atoms with van der Waals surface area (Å²) >= 11 is 0. The molecule has 82 valence electrons. The van der Waals surface area contributed by atoms with Gasteiger partial charge < -0.3 is 10.2 Å². The molecule has 0 saturated heterocycles. The van der Waals surface area contributed by atoms with Crippen molar-refractivity contribution in [1.29, 1.82) is 0 Å². The van der Waals surface area contributed by atoms with E-state index in [-0.39, 0.29) is 12.3 Å². The molecule has 1 aromatic carbocycles. The van der Waals surface area contributed by atoms with Crippen LogP contribution in [-0.2, 0) is 4.79 Å². The summed E-state index contributed by atoms with van der Waals surface area (Å²) < 4.78 is 4.90. The Balaban J connectivity index is 2.28. The van der Waals surface area contributed by atoms with Gasteiger partial charge in [-0.15, -0.1) is 0 Å². The number of rotatable bonds is 3. The van der Waals surface area contributed by atoms with Crippen molar-refractivity contribution in [3.63, 3.8) is 0 Å². The number of oxazole rings is 1. The number of H-pyrrole nitrogens is 1. The Kier molecular flexibility index (Phi) is 2.59. The quantitative estimate of drug-likeness (QED) is 0.805. The molecule has 0 aliphatic carbocycles. The van der Waals surface area contributed by atoms with Crippen LogP contribution in [0.3, 0.4) is 0 Å². The average Bonchev–Trinajstić information content (AvgIpc) is 2.56. The number of amides is 1. The standard InChI is InChI=1S/C11H10N2O3/c12-10(14)3-1-2-7-4-5-8-9(6-7)16-11(15)13-8/h1-2,4-6H,3H2,(H2,12,14)(H,13,15). The molecule has 0 fully saturated rings. The van der Waals surface area contributed by atoms with Gasteiger partial charge in [0.1, 0.15) is 0 Å². The number of hydrogen-bond acceptors (Lipinski definition) is 3. The molecule has 2 aromatic rings. The zero-order valence-electron chi connectivity index (χ0n) is 8.40. The summed E-state index contributed by atoms with van der Waals surface area (Å²) in [5.74, 6) is -0.862. The number of fused-ring (bicyclic) bond motifs is 1. The molecule has 0 radical (unpaired) electrons. The summed E-state index contributed by atoms with van der Waals surface area (Å²) in [5, 5.41) is 0. The van der Waals surface area contributed by atoms with Gasteiger partial charge in [-0.1, -0.05) is 18.2 Å². The van der Waals surface area contributed by atoms with E-state index in [0.717, 1.165) is 5.56 Å². The van der Waals surface area contributed by atoms with E-state index in [2.05, 4.69) is 4.98 Å². The monoisotopic (exact) mass is 218 g/mol. The van der Waals surface area contributed by atoms with Gasteiger partial charge in [0.25, 0.3) is 0 Å². The molecule has 2 rings (SSSR count). The third kappa shape index (κ3) is 2.20. The minimum absolute atomic E-state index is 0.190. The van der Waals surface area contributed by atoms with Crippen molar-refractivity contribution < 1.29 is 9.21 Å². The van der Waals surface area contributed by atoms with E-state index in [1.54, 1.807) is 24.3 Å². The van der Waals surface area contributed by atoms with Crippen LogP contribution < -0.4 is 11.5 Å². The Hall–Kier alpha value is -2.30. The highest BCUT2D eigenvalue weighted by atomic mass is 16.4. The van der Waals surface area contributed by atoms with Crippen molar-refractivity contribution in [3.05, 3.63) is 40.4 Å². The van der Waals surface area contributed by atoms with Gasteiger partial charge in [0.2, 0.25) is 5.91 Å². The SMILES string of the molecule is NC(=O)CC=Cc1ccc2[nH]c(=O)oc2c1. The molecule has 5 nitrogen and oxygen atoms in total. The molecule has 0 saturated carbocycles. The van der Waals surface area contributed by atoms with E-state index < -0.39 is 5.76 Å². The Labute approximate surface area is 90.6 Å². The number of carbonyl (C=O) groups excluding carboxylic acids is 1. The summed E-state index contributed by atoms with van der Waals surface area (Å²) in [6, 6.07) is 5.26. The Morgan fingerprint density at radius 1 is 1.50 bits per heavy atom. The molecule has 0 spiro atoms. The average molecular weight is 218 g/mol. The summed E-state index contributed by atoms with van der Waals surface area (Å²) in [4.78, 5) is 24.0. The fraction of sp³-hybridized carbons (Fsp3) is 0.0909. The third-order valence-electron chi connectivity index (χ3n) is 2.07. The van der Waals surface area contributed by atoms with Crippen molar-refractivity contribution in [3.8, 4) is 0 Å². The summed E-state index contributed by atoms with van der Waals surface area (Å²) in [7, 11) is 0. The molecule has 1 aromatic heterocycles. The van der Waals surface area contributed by atoms with Crippen LogP contribution in [0.5, 0.6) is 0 Å². The minimum atomic E-state index is -0.478. The molecule has 0 unspecified atom stereocenters. The predicted molar refractivity (Wildman–Crippen MR) is 59.7 cm³/mol. The van der Waals surface area contributed by atoms with Gasteiger partial charge in [-0.25, -0.2) is 4.79 Å². The molecule has 16 heavy (non-hydrogen) atoms. The fourth-order valence-electron chi connectivity index (χ4n) is 1.38. The second kappa shape index (κ2) is 4.06. The molecular formula is C11H10N2O3. The molecule has 1 heterocycles. The van der Waals surface area contributed by atoms with Crippen LogP contribution in [0.2, 0.25) is 0 Å². The van der Waals surface area contributed by atoms with Crippen LogP contribution in [0, 0.1) is 0 Å². The van der Waals surface area contributed by atoms with Crippen molar-refractivity contribution in [2.75, 3.05) is 0 Å². The number of primary amides is 1. The molecule has 0 bridgehead atoms. The van der Waals surface area contributed by atoms with Crippen molar-refractivity contribution in [1.82, 2.24) is 4.98 Å². The molecule has 1 amide bonds. The maximum atomic E-state index is 10.9. The summed E-state index contributed by atoms with van der Waals surface area (Å²) in [6.07, 6.45) is 3.60. The molecule has 5 heteroatoms. The van der Waals surface area contributed by atoms with Gasteiger partial charge >= 0.3 is 5.76 Å². The number of hydrogen-bond donors (Lipinski definition) is 2. The second-order valence-electron chi connectivity index (χ2n) is 3.34. The smallest absolute Gasteiger partial charge is 0.408 e. The highest BCUT2D eigenvalue weighted by molar-refractivity contribution is 5.78. The normalized spacial score (nSPS) is 11.2. The largest absolute Gasteiger partial charge is 0.417 e. The van der Waals surface area contributed by atoms with E-state index in [0.29, 0.717) is 11.1 Å². The van der Waals surface area contributed by atoms with Crippen molar-refractivity contribution >= 4 is 23.1 Å². The number of aromatic amines is 1. The van der Waals surface area contributed by atoms with E-state index in [9.17, 15) is 9.59 Å². The Morgan fingerprint density at radius 2 is 2.31 bits per heavy atom. The van der Waals surface area contributed by atoms with E-state index >= 15 is 0 Å². The molecule has 0 aliphatic rings. The van der Waals surface area contributed by atoms with E-state index in [1.807, 2.05) is 6.07 Å². The molecule has 0 aliphatic heterocycles. The van der Waals surface area contributed by atoms with E-state index in [1.165, 1.54) is 0 Å². The first-order chi connectivity index (χ1) is 7.65. The lowest BCUT2D eigenvalue weighted by Crippen LogP contribution is -2.07. The summed E-state index contributed by atoms with van der Waals surface area (Å²) in [6.45, 7) is 0. The van der Waals surface area contributed by atoms with Crippen LogP contribution in [-0.4, -0.2) is 10.9 Å². The van der Waals surface area contributed by atoms with Crippen LogP contribution in [0.4, 0.5) is 0 Å². The zero-order valence-corrected chi connectivity index (χ0v) is 8.40. The second-order valence-corrected chi connectivity index (χ2v) is 3.34. The van der Waals surface area contributed by atoms with Gasteiger partial charge in [-0.3, -0.25) is 9.78 Å². The highest BCUT2D eigenvalue weighted by Gasteiger charge is 2.00. The number of nitrogens with two attached hydrogens (primary N) is 1. The number of carbonyl (C=O) groups is 1. The number of aromatic nitrogens is 1. The lowest BCUT2D eigenvalue weighted by Gasteiger charge is -1.92. The topological polar surface area (TPSA) is 89.1 Å². The lowest BCUT2D eigenvalue weighted by atomic mass is 10.2. The first kappa shape index (κ1) is 10.2. The van der Waals surface area contributed by atoms with Gasteiger partial charge in [0.05, 0.1) is 5.52 Å². The van der Waals surface area contributed by atoms with Gasteiger partial charge in [0, 0.05) is 6.42 Å². The van der Waals surface area contributed by atoms with E-state index in [4.69, 9.17) is 10.2 Å². The highest BCUT2D eigenvalue weighted by Crippen LogP contribution is 2.13. The maximum Gasteiger partial charge on any atom is 0.417 e. The van der Waals surface area contributed by atoms with Crippen LogP contribution in [0.15, 0.2) is 33.5 Å². The van der Waals surface area contributed by atoms with Gasteiger partial charge in [-0.05, 0) is 17.7 Å². The first-order valence-electron chi connectivity index (χ1n) is 4.73. The van der Waals surface area contributed by atoms with Crippen molar-refractivity contribution in [2.45, 2.75) is 6.42 Å². The van der Waals surface area contributed by atoms with Crippen molar-refractivity contribution in [2.24, 2.45) is 5.73 Å². The fourth-order valence-corrected chi connectivity index (χ4v) is 1.38. The van der Waals surface area contributed by atoms with Gasteiger partial charge in [-0.2, -0.15) is 0 Å². The molecule has 0 atom stereocenters. The van der Waals surface area contributed by atoms with Crippen LogP contribution in [0.1, 0.15) is 12.0 Å². The predicted octanol–water partition coefficient (Wildman–Crippen LogP) is 1.01.